The van der Waals surface area contributed by atoms with Crippen molar-refractivity contribution in [3.8, 4) is 0 Å². The molecule has 0 spiro atoms. The molecule has 1 aliphatic heterocycles. The molecule has 0 bridgehead atoms. The number of carboxylic acid groups (broad SMARTS) is 1. The Morgan fingerprint density at radius 2 is 2.41 bits per heavy atom. The topological polar surface area (TPSA) is 70.5 Å². The Labute approximate surface area is 99.1 Å². The van der Waals surface area contributed by atoms with Crippen molar-refractivity contribution in [3.63, 3.8) is 0 Å². The van der Waals surface area contributed by atoms with Crippen LogP contribution in [0.2, 0.25) is 0 Å². The molecule has 0 unspecified atom stereocenters. The van der Waals surface area contributed by atoms with E-state index in [0.717, 1.165) is 5.56 Å². The van der Waals surface area contributed by atoms with E-state index in [1.165, 1.54) is 0 Å². The van der Waals surface area contributed by atoms with Gasteiger partial charge in [-0.15, -0.1) is 0 Å². The third-order valence-electron chi connectivity index (χ3n) is 3.14. The Balaban J connectivity index is 2.14. The fourth-order valence-electron chi connectivity index (χ4n) is 2.07. The molecule has 5 nitrogen and oxygen atoms in total. The van der Waals surface area contributed by atoms with E-state index in [0.29, 0.717) is 0 Å². The van der Waals surface area contributed by atoms with E-state index >= 15 is 0 Å². The van der Waals surface area contributed by atoms with Crippen LogP contribution in [0.5, 0.6) is 0 Å². The van der Waals surface area contributed by atoms with Gasteiger partial charge in [0.25, 0.3) is 0 Å². The molecule has 1 aromatic heterocycles. The summed E-state index contributed by atoms with van der Waals surface area (Å²) in [5, 5.41) is 8.91. The number of hydrogen-bond acceptors (Lipinski definition) is 3. The summed E-state index contributed by atoms with van der Waals surface area (Å²) in [6.07, 6.45) is 3.47. The summed E-state index contributed by atoms with van der Waals surface area (Å²) in [4.78, 5) is 28.2. The van der Waals surface area contributed by atoms with E-state index in [1.54, 1.807) is 23.4 Å². The number of carboxylic acids is 1. The predicted octanol–water partition coefficient (Wildman–Crippen LogP) is 1.08. The summed E-state index contributed by atoms with van der Waals surface area (Å²) >= 11 is 0. The zero-order valence-corrected chi connectivity index (χ0v) is 9.54. The van der Waals surface area contributed by atoms with Gasteiger partial charge in [0.05, 0.1) is 12.0 Å². The van der Waals surface area contributed by atoms with Gasteiger partial charge in [-0.2, -0.15) is 0 Å². The summed E-state index contributed by atoms with van der Waals surface area (Å²) in [5.74, 6) is -1.59. The van der Waals surface area contributed by atoms with Gasteiger partial charge in [-0.3, -0.25) is 14.6 Å². The van der Waals surface area contributed by atoms with Gasteiger partial charge in [-0.1, -0.05) is 6.07 Å². The number of likely N-dealkylation sites (tertiary alicyclic amines) is 1. The molecule has 0 radical (unpaired) electrons. The summed E-state index contributed by atoms with van der Waals surface area (Å²) < 4.78 is 0. The Kier molecular flexibility index (Phi) is 3.08. The van der Waals surface area contributed by atoms with Crippen molar-refractivity contribution in [1.82, 2.24) is 9.88 Å². The number of amides is 1. The quantitative estimate of drug-likeness (QED) is 0.849. The predicted molar refractivity (Wildman–Crippen MR) is 60.1 cm³/mol. The zero-order chi connectivity index (χ0) is 12.4. The maximum Gasteiger partial charge on any atom is 0.308 e. The lowest BCUT2D eigenvalue weighted by Crippen LogP contribution is -2.29. The largest absolute Gasteiger partial charge is 0.481 e. The minimum atomic E-state index is -0.903. The smallest absolute Gasteiger partial charge is 0.308 e. The van der Waals surface area contributed by atoms with E-state index in [9.17, 15) is 9.59 Å². The third kappa shape index (κ3) is 2.27. The second-order valence-electron chi connectivity index (χ2n) is 4.25. The van der Waals surface area contributed by atoms with Gasteiger partial charge < -0.3 is 10.0 Å². The highest BCUT2D eigenvalue weighted by atomic mass is 16.4. The molecule has 2 rings (SSSR count). The average Bonchev–Trinajstić information content (AvgIpc) is 2.72. The number of hydrogen-bond donors (Lipinski definition) is 1. The van der Waals surface area contributed by atoms with Crippen LogP contribution in [0.4, 0.5) is 0 Å². The van der Waals surface area contributed by atoms with Crippen LogP contribution in [0.25, 0.3) is 0 Å². The van der Waals surface area contributed by atoms with E-state index < -0.39 is 11.9 Å². The molecule has 17 heavy (non-hydrogen) atoms. The SMILES string of the molecule is C[C@H](c1cccnc1)N1C[C@H](C(=O)O)CC1=O. The van der Waals surface area contributed by atoms with Crippen molar-refractivity contribution < 1.29 is 14.7 Å². The molecule has 1 aromatic rings. The highest BCUT2D eigenvalue weighted by Crippen LogP contribution is 2.27. The van der Waals surface area contributed by atoms with Crippen LogP contribution in [0.15, 0.2) is 24.5 Å². The normalized spacial score (nSPS) is 21.6. The molecule has 1 N–H and O–H groups in total. The van der Waals surface area contributed by atoms with E-state index in [4.69, 9.17) is 5.11 Å². The molecule has 1 saturated heterocycles. The second kappa shape index (κ2) is 4.53. The van der Waals surface area contributed by atoms with Crippen molar-refractivity contribution in [2.24, 2.45) is 5.92 Å². The Morgan fingerprint density at radius 3 is 2.94 bits per heavy atom. The molecule has 90 valence electrons. The molecule has 0 aromatic carbocycles. The van der Waals surface area contributed by atoms with Crippen molar-refractivity contribution in [2.75, 3.05) is 6.54 Å². The number of rotatable bonds is 3. The number of carbonyl (C=O) groups is 2. The third-order valence-corrected chi connectivity index (χ3v) is 3.14. The Bertz CT molecular complexity index is 433. The molecule has 1 fully saturated rings. The minimum absolute atomic E-state index is 0.0972. The van der Waals surface area contributed by atoms with Crippen LogP contribution in [0.1, 0.15) is 24.9 Å². The molecule has 0 aliphatic carbocycles. The Morgan fingerprint density at radius 1 is 1.65 bits per heavy atom. The summed E-state index contributed by atoms with van der Waals surface area (Å²) in [6.45, 7) is 2.17. The molecule has 1 aliphatic rings. The van der Waals surface area contributed by atoms with E-state index in [2.05, 4.69) is 4.98 Å². The summed E-state index contributed by atoms with van der Waals surface area (Å²) in [6, 6.07) is 3.57. The first-order valence-corrected chi connectivity index (χ1v) is 5.52. The van der Waals surface area contributed by atoms with Gasteiger partial charge in [-0.05, 0) is 18.6 Å². The van der Waals surface area contributed by atoms with Crippen LogP contribution in [0, 0.1) is 5.92 Å². The first-order valence-electron chi connectivity index (χ1n) is 5.52. The van der Waals surface area contributed by atoms with Crippen LogP contribution >= 0.6 is 0 Å². The van der Waals surface area contributed by atoms with Crippen molar-refractivity contribution in [1.29, 1.82) is 0 Å². The number of aromatic nitrogens is 1. The van der Waals surface area contributed by atoms with Crippen LogP contribution in [-0.2, 0) is 9.59 Å². The molecule has 2 heterocycles. The van der Waals surface area contributed by atoms with Crippen molar-refractivity contribution in [3.05, 3.63) is 30.1 Å². The van der Waals surface area contributed by atoms with Crippen LogP contribution in [-0.4, -0.2) is 33.4 Å². The van der Waals surface area contributed by atoms with Crippen LogP contribution < -0.4 is 0 Å². The van der Waals surface area contributed by atoms with Crippen LogP contribution in [0.3, 0.4) is 0 Å². The fraction of sp³-hybridized carbons (Fsp3) is 0.417. The van der Waals surface area contributed by atoms with Gasteiger partial charge in [0.1, 0.15) is 0 Å². The number of nitrogens with zero attached hydrogens (tertiary/aromatic N) is 2. The standard InChI is InChI=1S/C12H14N2O3/c1-8(9-3-2-4-13-6-9)14-7-10(12(16)17)5-11(14)15/h2-4,6,8,10H,5,7H2,1H3,(H,16,17)/t8-,10-/m1/s1. The van der Waals surface area contributed by atoms with Gasteiger partial charge in [-0.25, -0.2) is 0 Å². The Hall–Kier alpha value is -1.91. The average molecular weight is 234 g/mol. The molecule has 5 heteroatoms. The highest BCUT2D eigenvalue weighted by molar-refractivity contribution is 5.86. The lowest BCUT2D eigenvalue weighted by molar-refractivity contribution is -0.141. The maximum absolute atomic E-state index is 11.7. The van der Waals surface area contributed by atoms with Gasteiger partial charge in [0, 0.05) is 25.4 Å². The number of pyridine rings is 1. The zero-order valence-electron chi connectivity index (χ0n) is 9.54. The summed E-state index contributed by atoms with van der Waals surface area (Å²) in [7, 11) is 0. The van der Waals surface area contributed by atoms with Gasteiger partial charge >= 0.3 is 5.97 Å². The fourth-order valence-corrected chi connectivity index (χ4v) is 2.07. The summed E-state index contributed by atoms with van der Waals surface area (Å²) in [5.41, 5.74) is 0.923. The first-order chi connectivity index (χ1) is 8.09. The molecule has 0 saturated carbocycles. The van der Waals surface area contributed by atoms with Crippen molar-refractivity contribution >= 4 is 11.9 Å². The van der Waals surface area contributed by atoms with Gasteiger partial charge in [0.15, 0.2) is 0 Å². The first kappa shape index (κ1) is 11.6. The van der Waals surface area contributed by atoms with E-state index in [-0.39, 0.29) is 24.9 Å². The lowest BCUT2D eigenvalue weighted by atomic mass is 10.1. The number of aliphatic carboxylic acids is 1. The van der Waals surface area contributed by atoms with Gasteiger partial charge in [0.2, 0.25) is 5.91 Å². The highest BCUT2D eigenvalue weighted by Gasteiger charge is 2.36. The maximum atomic E-state index is 11.7. The molecular formula is C12H14N2O3. The van der Waals surface area contributed by atoms with Crippen molar-refractivity contribution in [2.45, 2.75) is 19.4 Å². The minimum Gasteiger partial charge on any atom is -0.481 e. The molecule has 1 amide bonds. The second-order valence-corrected chi connectivity index (χ2v) is 4.25. The monoisotopic (exact) mass is 234 g/mol. The van der Waals surface area contributed by atoms with E-state index in [1.807, 2.05) is 13.0 Å². The lowest BCUT2D eigenvalue weighted by Gasteiger charge is -2.24. The number of carbonyl (C=O) groups excluding carboxylic acids is 1. The molecular weight excluding hydrogens is 220 g/mol. The molecule has 2 atom stereocenters.